The van der Waals surface area contributed by atoms with Gasteiger partial charge < -0.3 is 0 Å². The zero-order valence-corrected chi connectivity index (χ0v) is 2.59. The van der Waals surface area contributed by atoms with Crippen LogP contribution in [-0.4, -0.2) is 6.21 Å². The Balaban J connectivity index is 2.61. The number of hydrogen-bond donors (Lipinski definition) is 0. The van der Waals surface area contributed by atoms with Gasteiger partial charge in [-0.05, 0) is 0 Å². The van der Waals surface area contributed by atoms with Gasteiger partial charge in [-0.15, -0.1) is 0 Å². The molecule has 0 fully saturated rings. The molecule has 5 heavy (non-hydrogen) atoms. The van der Waals surface area contributed by atoms with Gasteiger partial charge in [-0.25, -0.2) is 0 Å². The monoisotopic (exact) mass is 69.0 g/mol. The van der Waals surface area contributed by atoms with Crippen LogP contribution in [0.3, 0.4) is 0 Å². The summed E-state index contributed by atoms with van der Waals surface area (Å²) in [5.74, 6) is 0. The minimum Gasteiger partial charge on any atom is -0.180 e. The highest BCUT2D eigenvalue weighted by Crippen LogP contribution is 1.71. The summed E-state index contributed by atoms with van der Waals surface area (Å²) < 4.78 is 0. The molecule has 0 aromatic heterocycles. The van der Waals surface area contributed by atoms with E-state index in [2.05, 4.69) is 9.99 Å². The maximum atomic E-state index is 4.33. The molecule has 1 radical (unpaired) electrons. The average molecular weight is 69.1 g/mol. The molecule has 0 bridgehead atoms. The molecule has 25 valence electrons. The van der Waals surface area contributed by atoms with Crippen molar-refractivity contribution in [2.75, 3.05) is 0 Å². The summed E-state index contributed by atoms with van der Waals surface area (Å²) in [5.41, 5.74) is 0. The number of nitrogens with zero attached hydrogens (tertiary/aromatic N) is 1. The minimum absolute atomic E-state index is 1.51. The molecule has 0 amide bonds. The van der Waals surface area contributed by atoms with Crippen molar-refractivity contribution in [2.24, 2.45) is 0 Å². The standard InChI is InChI=1S/C3H3NO/c1-2-4-5-3-1/h1-3H/q+1. The molecule has 1 heterocycles. The molecule has 0 saturated heterocycles. The van der Waals surface area contributed by atoms with E-state index in [9.17, 15) is 0 Å². The molecule has 0 aliphatic carbocycles. The smallest absolute Gasteiger partial charge is 0.180 e. The Bertz CT molecular complexity index is 65.0. The molecule has 1 aliphatic heterocycles. The van der Waals surface area contributed by atoms with E-state index in [4.69, 9.17) is 0 Å². The third kappa shape index (κ3) is 0.265. The Morgan fingerprint density at radius 3 is 2.80 bits per heavy atom. The summed E-state index contributed by atoms with van der Waals surface area (Å²) in [7, 11) is 0. The van der Waals surface area contributed by atoms with Gasteiger partial charge in [0.25, 0.3) is 5.16 Å². The van der Waals surface area contributed by atoms with Crippen molar-refractivity contribution >= 4 is 6.21 Å². The maximum absolute atomic E-state index is 4.33. The largest absolute Gasteiger partial charge is 0.306 e. The summed E-state index contributed by atoms with van der Waals surface area (Å²) in [6.07, 6.45) is 4.82. The fourth-order valence-electron chi connectivity index (χ4n) is 0.176. The van der Waals surface area contributed by atoms with E-state index in [-0.39, 0.29) is 0 Å². The van der Waals surface area contributed by atoms with Crippen molar-refractivity contribution in [3.8, 4) is 0 Å². The number of rotatable bonds is 0. The second kappa shape index (κ2) is 0.885. The summed E-state index contributed by atoms with van der Waals surface area (Å²) in [4.78, 5) is 4.33. The predicted octanol–water partition coefficient (Wildman–Crippen LogP) is -0.148. The fraction of sp³-hybridized carbons (Fsp3) is 0. The summed E-state index contributed by atoms with van der Waals surface area (Å²) in [6.45, 7) is 0. The second-order valence-electron chi connectivity index (χ2n) is 0.688. The van der Waals surface area contributed by atoms with Crippen LogP contribution in [0.15, 0.2) is 12.3 Å². The van der Waals surface area contributed by atoms with Crippen LogP contribution in [-0.2, 0) is 4.84 Å². The Morgan fingerprint density at radius 2 is 2.60 bits per heavy atom. The first-order chi connectivity index (χ1) is 2.50. The second-order valence-corrected chi connectivity index (χ2v) is 0.688. The zero-order chi connectivity index (χ0) is 3.54. The van der Waals surface area contributed by atoms with Crippen molar-refractivity contribution in [3.63, 3.8) is 0 Å². The van der Waals surface area contributed by atoms with Gasteiger partial charge in [0.1, 0.15) is 0 Å². The van der Waals surface area contributed by atoms with Crippen LogP contribution in [0.2, 0.25) is 0 Å². The first kappa shape index (κ1) is 2.45. The topological polar surface area (TPSA) is 23.3 Å². The van der Waals surface area contributed by atoms with Crippen molar-refractivity contribution in [1.29, 1.82) is 0 Å². The first-order valence-electron chi connectivity index (χ1n) is 1.34. The lowest BCUT2D eigenvalue weighted by Crippen LogP contribution is -1.73. The van der Waals surface area contributed by atoms with Gasteiger partial charge >= 0.3 is 6.21 Å². The molecule has 0 N–H and O–H groups in total. The lowest BCUT2D eigenvalue weighted by atomic mass is 10.7. The third-order valence-corrected chi connectivity index (χ3v) is 0.347. The fourth-order valence-corrected chi connectivity index (χ4v) is 0.176. The number of hydrogen-bond acceptors (Lipinski definition) is 2. The highest BCUT2D eigenvalue weighted by molar-refractivity contribution is 5.70. The first-order valence-corrected chi connectivity index (χ1v) is 1.34. The van der Waals surface area contributed by atoms with E-state index >= 15 is 0 Å². The molecule has 0 unspecified atom stereocenters. The third-order valence-electron chi connectivity index (χ3n) is 0.347. The van der Waals surface area contributed by atoms with Gasteiger partial charge in [-0.2, -0.15) is 4.84 Å². The van der Waals surface area contributed by atoms with Gasteiger partial charge in [-0.3, -0.25) is 0 Å². The lowest BCUT2D eigenvalue weighted by Gasteiger charge is -1.49. The van der Waals surface area contributed by atoms with Crippen LogP contribution in [0.25, 0.3) is 0 Å². The van der Waals surface area contributed by atoms with Crippen LogP contribution < -0.4 is 5.16 Å². The van der Waals surface area contributed by atoms with Crippen LogP contribution in [0.1, 0.15) is 0 Å². The zero-order valence-electron chi connectivity index (χ0n) is 2.59. The van der Waals surface area contributed by atoms with E-state index in [1.807, 2.05) is 0 Å². The minimum atomic E-state index is 1.51. The van der Waals surface area contributed by atoms with Gasteiger partial charge in [0, 0.05) is 0 Å². The SMILES string of the molecule is C1=CO[N+]=C1. The predicted molar refractivity (Wildman–Crippen MR) is 18.4 cm³/mol. The van der Waals surface area contributed by atoms with E-state index in [1.165, 1.54) is 6.26 Å². The molecule has 2 heteroatoms. The molecule has 2 nitrogen and oxygen atoms in total. The highest BCUT2D eigenvalue weighted by Gasteiger charge is 1.91. The Morgan fingerprint density at radius 1 is 1.60 bits per heavy atom. The highest BCUT2D eigenvalue weighted by atomic mass is 16.6. The summed E-state index contributed by atoms with van der Waals surface area (Å²) in [5, 5.41) is 3.35. The lowest BCUT2D eigenvalue weighted by molar-refractivity contribution is 0.222. The van der Waals surface area contributed by atoms with Gasteiger partial charge in [0.15, 0.2) is 6.26 Å². The Labute approximate surface area is 29.7 Å². The summed E-state index contributed by atoms with van der Waals surface area (Å²) >= 11 is 0. The molecule has 0 spiro atoms. The molecule has 0 aromatic carbocycles. The molecule has 0 atom stereocenters. The number of oxime groups is 1. The van der Waals surface area contributed by atoms with E-state index < -0.39 is 0 Å². The van der Waals surface area contributed by atoms with Crippen LogP contribution in [0.5, 0.6) is 0 Å². The van der Waals surface area contributed by atoms with E-state index in [0.717, 1.165) is 0 Å². The van der Waals surface area contributed by atoms with Gasteiger partial charge in [0.2, 0.25) is 0 Å². The molecule has 0 aromatic rings. The van der Waals surface area contributed by atoms with Crippen molar-refractivity contribution in [2.45, 2.75) is 0 Å². The van der Waals surface area contributed by atoms with E-state index in [1.54, 1.807) is 12.3 Å². The molecule has 1 aliphatic rings. The van der Waals surface area contributed by atoms with Gasteiger partial charge in [-0.1, -0.05) is 0 Å². The normalized spacial score (nSPS) is 16.0. The average Bonchev–Trinajstić information content (AvgIpc) is 1.76. The quantitative estimate of drug-likeness (QED) is 0.388. The molecule has 0 saturated carbocycles. The van der Waals surface area contributed by atoms with Crippen LogP contribution >= 0.6 is 0 Å². The molecular formula is C3H3NO+. The van der Waals surface area contributed by atoms with E-state index in [0.29, 0.717) is 0 Å². The summed E-state index contributed by atoms with van der Waals surface area (Å²) in [6, 6.07) is 0. The van der Waals surface area contributed by atoms with Crippen LogP contribution in [0.4, 0.5) is 0 Å². The maximum Gasteiger partial charge on any atom is 0.306 e. The Kier molecular flexibility index (Phi) is 0.433. The van der Waals surface area contributed by atoms with Gasteiger partial charge in [0.05, 0.1) is 6.08 Å². The van der Waals surface area contributed by atoms with Crippen LogP contribution in [0, 0.1) is 0 Å². The number of allylic oxidation sites excluding steroid dienone is 1. The van der Waals surface area contributed by atoms with Crippen molar-refractivity contribution in [1.82, 2.24) is 5.16 Å². The van der Waals surface area contributed by atoms with Crippen molar-refractivity contribution < 1.29 is 4.84 Å². The molecule has 1 rings (SSSR count). The Hall–Kier alpha value is -0.790. The molecular weight excluding hydrogens is 66.0 g/mol. The van der Waals surface area contributed by atoms with Crippen molar-refractivity contribution in [3.05, 3.63) is 12.3 Å².